The Morgan fingerprint density at radius 3 is 0.893 bits per heavy atom. The highest BCUT2D eigenvalue weighted by atomic mass is 16.4. The lowest BCUT2D eigenvalue weighted by Gasteiger charge is -1.98. The molecule has 4 heteroatoms. The zero-order valence-corrected chi connectivity index (χ0v) is 14.9. The summed E-state index contributed by atoms with van der Waals surface area (Å²) in [6.45, 7) is 0. The molecule has 0 N–H and O–H groups in total. The van der Waals surface area contributed by atoms with Gasteiger partial charge in [-0.15, -0.1) is 0 Å². The molecule has 0 saturated heterocycles. The first kappa shape index (κ1) is 16.3. The zero-order valence-electron chi connectivity index (χ0n) is 14.9. The highest BCUT2D eigenvalue weighted by Gasteiger charge is 1.98. The molecule has 0 fully saturated rings. The van der Waals surface area contributed by atoms with Gasteiger partial charge in [-0.05, 0) is 48.5 Å². The molecule has 0 radical (unpaired) electrons. The van der Waals surface area contributed by atoms with E-state index >= 15 is 0 Å². The van der Waals surface area contributed by atoms with Crippen molar-refractivity contribution in [2.45, 2.75) is 0 Å². The summed E-state index contributed by atoms with van der Waals surface area (Å²) >= 11 is 0. The fourth-order valence-corrected chi connectivity index (χ4v) is 2.95. The van der Waals surface area contributed by atoms with Crippen molar-refractivity contribution >= 4 is 44.7 Å². The number of hydrogen-bond acceptors (Lipinski definition) is 4. The number of benzene rings is 4. The van der Waals surface area contributed by atoms with Gasteiger partial charge >= 0.3 is 0 Å². The first-order valence-electron chi connectivity index (χ1n) is 8.93. The quantitative estimate of drug-likeness (QED) is 0.284. The summed E-state index contributed by atoms with van der Waals surface area (Å²) in [4.78, 5) is 0. The second kappa shape index (κ2) is 7.00. The molecule has 5 aromatic rings. The second-order valence-electron chi connectivity index (χ2n) is 6.25. The molecule has 0 atom stereocenters. The van der Waals surface area contributed by atoms with E-state index in [1.54, 1.807) is 0 Å². The average Bonchev–Trinajstić information content (AvgIpc) is 2.71. The maximum absolute atomic E-state index is 6.07. The fraction of sp³-hybridized carbons (Fsp3) is 0. The van der Waals surface area contributed by atoms with Gasteiger partial charge in [-0.2, -0.15) is 0 Å². The summed E-state index contributed by atoms with van der Waals surface area (Å²) in [5.74, 6) is 0. The van der Waals surface area contributed by atoms with E-state index in [-0.39, 0.29) is 0 Å². The molecule has 0 spiro atoms. The Labute approximate surface area is 159 Å². The third kappa shape index (κ3) is 3.35. The maximum Gasteiger partial charge on any atom is 0.169 e. The molecule has 1 aromatic heterocycles. The van der Waals surface area contributed by atoms with Gasteiger partial charge in [0.1, 0.15) is 22.3 Å². The monoisotopic (exact) mass is 368 g/mol. The van der Waals surface area contributed by atoms with Gasteiger partial charge in [-0.25, -0.2) is 0 Å². The molecule has 28 heavy (non-hydrogen) atoms. The maximum atomic E-state index is 6.07. The van der Waals surface area contributed by atoms with Crippen LogP contribution in [0, 0.1) is 0 Å². The van der Waals surface area contributed by atoms with Crippen molar-refractivity contribution in [3.8, 4) is 0 Å². The molecule has 0 aliphatic heterocycles. The molecule has 136 valence electrons. The van der Waals surface area contributed by atoms with Crippen molar-refractivity contribution < 1.29 is 17.7 Å². The summed E-state index contributed by atoms with van der Waals surface area (Å²) in [6.07, 6.45) is 0. The van der Waals surface area contributed by atoms with Crippen LogP contribution in [0.4, 0.5) is 0 Å². The summed E-state index contributed by atoms with van der Waals surface area (Å²) in [7, 11) is 0. The molecule has 5 rings (SSSR count). The van der Waals surface area contributed by atoms with Crippen LogP contribution in [0.15, 0.2) is 115 Å². The van der Waals surface area contributed by atoms with Crippen LogP contribution in [-0.4, -0.2) is 0 Å². The van der Waals surface area contributed by atoms with Crippen LogP contribution in [-0.2, 0) is 0 Å². The molecule has 1 heterocycles. The normalized spacial score (nSPS) is 10.9. The van der Waals surface area contributed by atoms with Gasteiger partial charge in [0.25, 0.3) is 0 Å². The van der Waals surface area contributed by atoms with Crippen molar-refractivity contribution in [3.05, 3.63) is 97.1 Å². The van der Waals surface area contributed by atoms with E-state index in [9.17, 15) is 0 Å². The third-order valence-electron chi connectivity index (χ3n) is 4.22. The lowest BCUT2D eigenvalue weighted by molar-refractivity contribution is 0.603. The Bertz CT molecular complexity index is 1210. The Morgan fingerprint density at radius 2 is 0.607 bits per heavy atom. The second-order valence-corrected chi connectivity index (χ2v) is 6.25. The van der Waals surface area contributed by atoms with E-state index < -0.39 is 0 Å². The molecule has 4 aromatic carbocycles. The van der Waals surface area contributed by atoms with E-state index in [4.69, 9.17) is 17.7 Å². The lowest BCUT2D eigenvalue weighted by atomic mass is 10.3. The molecule has 4 bridgehead atoms. The van der Waals surface area contributed by atoms with Crippen LogP contribution in [0.25, 0.3) is 44.7 Å². The van der Waals surface area contributed by atoms with E-state index in [1.807, 2.05) is 97.1 Å². The Kier molecular flexibility index (Phi) is 4.07. The van der Waals surface area contributed by atoms with Gasteiger partial charge in [0.05, 0.1) is 0 Å². The van der Waals surface area contributed by atoms with Gasteiger partial charge in [0.15, 0.2) is 22.3 Å². The number of hydrogen-bond donors (Lipinski definition) is 0. The summed E-state index contributed by atoms with van der Waals surface area (Å²) in [6, 6.07) is 30.0. The molecule has 0 aliphatic carbocycles. The molecule has 0 saturated carbocycles. The van der Waals surface area contributed by atoms with Crippen molar-refractivity contribution in [1.29, 1.82) is 0 Å². The smallest absolute Gasteiger partial charge is 0.169 e. The lowest BCUT2D eigenvalue weighted by Crippen LogP contribution is -1.72. The summed E-state index contributed by atoms with van der Waals surface area (Å²) in [5.41, 5.74) is 5.06. The Morgan fingerprint density at radius 1 is 0.321 bits per heavy atom. The topological polar surface area (TPSA) is 52.6 Å². The highest BCUT2D eigenvalue weighted by molar-refractivity contribution is 5.74. The molecular formula is C24H16O4. The van der Waals surface area contributed by atoms with Crippen LogP contribution >= 0.6 is 0 Å². The largest absolute Gasteiger partial charge is 0.453 e. The van der Waals surface area contributed by atoms with Gasteiger partial charge in [0, 0.05) is 12.1 Å². The number of fused-ring (bicyclic) bond motifs is 6. The number of rotatable bonds is 0. The van der Waals surface area contributed by atoms with Gasteiger partial charge < -0.3 is 17.7 Å². The van der Waals surface area contributed by atoms with Gasteiger partial charge in [0.2, 0.25) is 0 Å². The van der Waals surface area contributed by atoms with E-state index in [1.165, 1.54) is 0 Å². The number of para-hydroxylation sites is 4. The highest BCUT2D eigenvalue weighted by Crippen LogP contribution is 2.20. The van der Waals surface area contributed by atoms with Crippen LogP contribution in [0.2, 0.25) is 0 Å². The minimum atomic E-state index is 0.614. The fourth-order valence-electron chi connectivity index (χ4n) is 2.95. The first-order valence-corrected chi connectivity index (χ1v) is 8.93. The zero-order chi connectivity index (χ0) is 18.8. The standard InChI is InChI=1S/C24H16O4/c1-2-12-22-21(11-1)25-17-7-5-9-19(15-17)27-23-13-3-4-14-24(23)28-20-10-6-8-18(16-20)26-22/h1-16H. The van der Waals surface area contributed by atoms with Crippen molar-refractivity contribution in [2.75, 3.05) is 0 Å². The van der Waals surface area contributed by atoms with Crippen molar-refractivity contribution in [2.24, 2.45) is 0 Å². The van der Waals surface area contributed by atoms with E-state index in [2.05, 4.69) is 0 Å². The summed E-state index contributed by atoms with van der Waals surface area (Å²) < 4.78 is 24.3. The molecule has 0 unspecified atom stereocenters. The average molecular weight is 368 g/mol. The molecule has 4 nitrogen and oxygen atoms in total. The Balaban J connectivity index is 2.01. The van der Waals surface area contributed by atoms with Gasteiger partial charge in [-0.3, -0.25) is 0 Å². The van der Waals surface area contributed by atoms with E-state index in [0.717, 1.165) is 0 Å². The van der Waals surface area contributed by atoms with Gasteiger partial charge in [-0.1, -0.05) is 36.4 Å². The van der Waals surface area contributed by atoms with E-state index in [0.29, 0.717) is 44.7 Å². The molecule has 0 aliphatic rings. The molecule has 0 amide bonds. The minimum absolute atomic E-state index is 0.614. The molecular weight excluding hydrogens is 352 g/mol. The predicted molar refractivity (Wildman–Crippen MR) is 110 cm³/mol. The third-order valence-corrected chi connectivity index (χ3v) is 4.22. The Hall–Kier alpha value is -3.92. The van der Waals surface area contributed by atoms with Crippen LogP contribution in [0.5, 0.6) is 0 Å². The first-order chi connectivity index (χ1) is 13.8. The predicted octanol–water partition coefficient (Wildman–Crippen LogP) is 7.48. The van der Waals surface area contributed by atoms with Crippen molar-refractivity contribution in [1.82, 2.24) is 0 Å². The summed E-state index contributed by atoms with van der Waals surface area (Å²) in [5, 5.41) is 0. The van der Waals surface area contributed by atoms with Crippen LogP contribution < -0.4 is 0 Å². The van der Waals surface area contributed by atoms with Crippen molar-refractivity contribution in [3.63, 3.8) is 0 Å². The van der Waals surface area contributed by atoms with Crippen LogP contribution in [0.1, 0.15) is 0 Å². The van der Waals surface area contributed by atoms with Crippen LogP contribution in [0.3, 0.4) is 0 Å². The SMILES string of the molecule is c1cc2cc(c1)oc1ccccc1oc1cccc(c1)oc1ccccc1o2. The minimum Gasteiger partial charge on any atom is -0.453 e.